The van der Waals surface area contributed by atoms with Crippen molar-refractivity contribution in [3.63, 3.8) is 0 Å². The number of nitrogens with one attached hydrogen (secondary N) is 1. The third kappa shape index (κ3) is 3.95. The van der Waals surface area contributed by atoms with Crippen LogP contribution >= 0.6 is 0 Å². The number of nitrogens with zero attached hydrogens (tertiary/aromatic N) is 1. The molecule has 2 atom stereocenters. The van der Waals surface area contributed by atoms with Crippen LogP contribution in [0.4, 0.5) is 14.5 Å². The summed E-state index contributed by atoms with van der Waals surface area (Å²) >= 11 is 0. The molecule has 8 heteroatoms. The van der Waals surface area contributed by atoms with Crippen molar-refractivity contribution in [1.29, 1.82) is 0 Å². The summed E-state index contributed by atoms with van der Waals surface area (Å²) in [5.74, 6) is -4.47. The summed E-state index contributed by atoms with van der Waals surface area (Å²) in [5.41, 5.74) is -0.471. The molecular weight excluding hydrogens is 310 g/mol. The fraction of sp³-hybridized carbons (Fsp3) is 0.467. The zero-order valence-corrected chi connectivity index (χ0v) is 12.8. The molecule has 1 aromatic carbocycles. The lowest BCUT2D eigenvalue weighted by molar-refractivity contribution is -0.135. The number of carbonyl (C=O) groups is 2. The molecule has 126 valence electrons. The average molecular weight is 328 g/mol. The summed E-state index contributed by atoms with van der Waals surface area (Å²) in [6, 6.07) is 2.09. The van der Waals surface area contributed by atoms with Gasteiger partial charge in [-0.15, -0.1) is 0 Å². The third-order valence-corrected chi connectivity index (χ3v) is 3.59. The van der Waals surface area contributed by atoms with Crippen molar-refractivity contribution in [1.82, 2.24) is 5.32 Å². The molecule has 1 saturated heterocycles. The normalized spacial score (nSPS) is 21.1. The number of hydrogen-bond acceptors (Lipinski definition) is 4. The second kappa shape index (κ2) is 6.91. The molecule has 1 heterocycles. The first-order valence-electron chi connectivity index (χ1n) is 7.17. The summed E-state index contributed by atoms with van der Waals surface area (Å²) in [6.45, 7) is 3.93. The lowest BCUT2D eigenvalue weighted by Crippen LogP contribution is -2.47. The van der Waals surface area contributed by atoms with Gasteiger partial charge in [0.1, 0.15) is 23.7 Å². The highest BCUT2D eigenvalue weighted by molar-refractivity contribution is 5.96. The average Bonchev–Trinajstić information content (AvgIpc) is 2.46. The fourth-order valence-corrected chi connectivity index (χ4v) is 2.45. The highest BCUT2D eigenvalue weighted by atomic mass is 19.1. The van der Waals surface area contributed by atoms with Crippen molar-refractivity contribution >= 4 is 17.6 Å². The first-order chi connectivity index (χ1) is 10.8. The summed E-state index contributed by atoms with van der Waals surface area (Å²) < 4.78 is 33.8. The van der Waals surface area contributed by atoms with Crippen LogP contribution in [0.3, 0.4) is 0 Å². The molecule has 2 N–H and O–H groups in total. The van der Waals surface area contributed by atoms with Crippen LogP contribution in [0.1, 0.15) is 24.2 Å². The number of amides is 1. The van der Waals surface area contributed by atoms with E-state index < -0.39 is 35.6 Å². The highest BCUT2D eigenvalue weighted by Gasteiger charge is 2.26. The van der Waals surface area contributed by atoms with Crippen molar-refractivity contribution in [3.05, 3.63) is 29.3 Å². The molecule has 0 spiro atoms. The van der Waals surface area contributed by atoms with Crippen LogP contribution in [-0.2, 0) is 9.53 Å². The number of anilines is 1. The Morgan fingerprint density at radius 1 is 1.35 bits per heavy atom. The van der Waals surface area contributed by atoms with Crippen molar-refractivity contribution in [2.45, 2.75) is 26.0 Å². The van der Waals surface area contributed by atoms with Crippen LogP contribution in [0, 0.1) is 11.6 Å². The minimum Gasteiger partial charge on any atom is -0.480 e. The Kier molecular flexibility index (Phi) is 5.15. The monoisotopic (exact) mass is 328 g/mol. The summed E-state index contributed by atoms with van der Waals surface area (Å²) in [5, 5.41) is 10.4. The van der Waals surface area contributed by atoms with Gasteiger partial charge in [-0.2, -0.15) is 0 Å². The summed E-state index contributed by atoms with van der Waals surface area (Å²) in [6.07, 6.45) is -0.0733. The van der Waals surface area contributed by atoms with E-state index in [1.54, 1.807) is 4.90 Å². The molecule has 0 bridgehead atoms. The highest BCUT2D eigenvalue weighted by Crippen LogP contribution is 2.26. The molecular formula is C15H18F2N2O4. The number of hydrogen-bond donors (Lipinski definition) is 2. The molecule has 1 aliphatic rings. The number of halogens is 2. The predicted molar refractivity (Wildman–Crippen MR) is 78.5 cm³/mol. The maximum absolute atomic E-state index is 14.2. The van der Waals surface area contributed by atoms with Crippen LogP contribution in [0.15, 0.2) is 12.1 Å². The van der Waals surface area contributed by atoms with Gasteiger partial charge < -0.3 is 20.1 Å². The number of benzene rings is 1. The van der Waals surface area contributed by atoms with Crippen molar-refractivity contribution in [3.8, 4) is 0 Å². The number of morpholine rings is 1. The summed E-state index contributed by atoms with van der Waals surface area (Å²) in [4.78, 5) is 23.9. The van der Waals surface area contributed by atoms with E-state index in [9.17, 15) is 18.4 Å². The molecule has 1 aromatic rings. The Labute approximate surface area is 132 Å². The number of ether oxygens (including phenoxy) is 1. The van der Waals surface area contributed by atoms with Gasteiger partial charge in [-0.3, -0.25) is 9.59 Å². The molecule has 0 radical (unpaired) electrons. The standard InChI is InChI=1S/C15H18F2N2O4/c1-8-7-23-9(2)6-19(8)10-3-11(16)14(12(17)4-10)15(22)18-5-13(20)21/h3-4,8-9H,5-7H2,1-2H3,(H,18,22)(H,20,21)/t8-,9-/m0/s1. The second-order valence-electron chi connectivity index (χ2n) is 5.51. The number of carbonyl (C=O) groups excluding carboxylic acids is 1. The van der Waals surface area contributed by atoms with Gasteiger partial charge in [0.25, 0.3) is 5.91 Å². The quantitative estimate of drug-likeness (QED) is 0.873. The van der Waals surface area contributed by atoms with Gasteiger partial charge in [0.15, 0.2) is 0 Å². The molecule has 0 aromatic heterocycles. The number of rotatable bonds is 4. The van der Waals surface area contributed by atoms with Crippen molar-refractivity contribution in [2.75, 3.05) is 24.6 Å². The number of carboxylic acid groups (broad SMARTS) is 1. The molecule has 2 rings (SSSR count). The number of aliphatic carboxylic acids is 1. The van der Waals surface area contributed by atoms with Crippen LogP contribution in [-0.4, -0.2) is 48.8 Å². The lowest BCUT2D eigenvalue weighted by Gasteiger charge is -2.38. The van der Waals surface area contributed by atoms with E-state index in [4.69, 9.17) is 9.84 Å². The van der Waals surface area contributed by atoms with Gasteiger partial charge in [0, 0.05) is 18.3 Å². The third-order valence-electron chi connectivity index (χ3n) is 3.59. The Bertz CT molecular complexity index is 600. The van der Waals surface area contributed by atoms with E-state index >= 15 is 0 Å². The zero-order chi connectivity index (χ0) is 17.1. The number of carboxylic acids is 1. The molecule has 0 aliphatic carbocycles. The van der Waals surface area contributed by atoms with E-state index in [1.807, 2.05) is 19.2 Å². The van der Waals surface area contributed by atoms with Gasteiger partial charge in [-0.25, -0.2) is 8.78 Å². The molecule has 1 amide bonds. The first-order valence-corrected chi connectivity index (χ1v) is 7.17. The van der Waals surface area contributed by atoms with Gasteiger partial charge in [0.05, 0.1) is 12.7 Å². The van der Waals surface area contributed by atoms with Crippen LogP contribution in [0.2, 0.25) is 0 Å². The predicted octanol–water partition coefficient (Wildman–Crippen LogP) is 1.39. The Hall–Kier alpha value is -2.22. The fourth-order valence-electron chi connectivity index (χ4n) is 2.45. The van der Waals surface area contributed by atoms with Gasteiger partial charge in [-0.05, 0) is 26.0 Å². The van der Waals surface area contributed by atoms with Gasteiger partial charge in [0.2, 0.25) is 0 Å². The smallest absolute Gasteiger partial charge is 0.322 e. The molecule has 0 unspecified atom stereocenters. The topological polar surface area (TPSA) is 78.9 Å². The first kappa shape index (κ1) is 17.1. The molecule has 23 heavy (non-hydrogen) atoms. The SMILES string of the molecule is C[C@H]1CN(c2cc(F)c(C(=O)NCC(=O)O)c(F)c2)[C@@H](C)CO1. The van der Waals surface area contributed by atoms with E-state index in [2.05, 4.69) is 0 Å². The van der Waals surface area contributed by atoms with Gasteiger partial charge >= 0.3 is 5.97 Å². The minimum atomic E-state index is -1.30. The van der Waals surface area contributed by atoms with E-state index in [0.29, 0.717) is 18.8 Å². The Morgan fingerprint density at radius 3 is 2.52 bits per heavy atom. The maximum Gasteiger partial charge on any atom is 0.322 e. The molecule has 1 aliphatic heterocycles. The van der Waals surface area contributed by atoms with E-state index in [0.717, 1.165) is 12.1 Å². The van der Waals surface area contributed by atoms with E-state index in [1.165, 1.54) is 0 Å². The molecule has 0 saturated carbocycles. The maximum atomic E-state index is 14.2. The van der Waals surface area contributed by atoms with Crippen molar-refractivity contribution in [2.24, 2.45) is 0 Å². The van der Waals surface area contributed by atoms with Crippen LogP contribution in [0.5, 0.6) is 0 Å². The summed E-state index contributed by atoms with van der Waals surface area (Å²) in [7, 11) is 0. The van der Waals surface area contributed by atoms with E-state index in [-0.39, 0.29) is 12.1 Å². The minimum absolute atomic E-state index is 0.0586. The zero-order valence-electron chi connectivity index (χ0n) is 12.8. The lowest BCUT2D eigenvalue weighted by atomic mass is 10.1. The van der Waals surface area contributed by atoms with Crippen LogP contribution in [0.25, 0.3) is 0 Å². The molecule has 6 nitrogen and oxygen atoms in total. The Balaban J connectivity index is 2.26. The van der Waals surface area contributed by atoms with Gasteiger partial charge in [-0.1, -0.05) is 0 Å². The largest absolute Gasteiger partial charge is 0.480 e. The second-order valence-corrected chi connectivity index (χ2v) is 5.51. The van der Waals surface area contributed by atoms with Crippen LogP contribution < -0.4 is 10.2 Å². The molecule has 1 fully saturated rings. The van der Waals surface area contributed by atoms with Crippen molar-refractivity contribution < 1.29 is 28.2 Å². The Morgan fingerprint density at radius 2 is 1.96 bits per heavy atom.